The number of nitrogens with zero attached hydrogens (tertiary/aromatic N) is 1. The Hall–Kier alpha value is -1.19. The van der Waals surface area contributed by atoms with Gasteiger partial charge in [-0.15, -0.1) is 11.3 Å². The zero-order valence-corrected chi connectivity index (χ0v) is 9.83. The molecule has 1 aromatic carbocycles. The molecule has 0 spiro atoms. The third-order valence-electron chi connectivity index (χ3n) is 3.01. The first-order valence-electron chi connectivity index (χ1n) is 5.65. The van der Waals surface area contributed by atoms with Crippen molar-refractivity contribution in [3.63, 3.8) is 0 Å². The van der Waals surface area contributed by atoms with Crippen LogP contribution < -0.4 is 5.73 Å². The van der Waals surface area contributed by atoms with Gasteiger partial charge in [0.05, 0.1) is 5.69 Å². The molecular formula is C13H14N2S. The summed E-state index contributed by atoms with van der Waals surface area (Å²) in [6.45, 7) is 0. The molecule has 0 saturated heterocycles. The van der Waals surface area contributed by atoms with Crippen molar-refractivity contribution in [3.8, 4) is 10.6 Å². The van der Waals surface area contributed by atoms with Crippen LogP contribution >= 0.6 is 11.3 Å². The zero-order valence-electron chi connectivity index (χ0n) is 9.02. The van der Waals surface area contributed by atoms with E-state index in [1.807, 2.05) is 6.07 Å². The van der Waals surface area contributed by atoms with Crippen LogP contribution in [-0.2, 0) is 6.42 Å². The predicted molar refractivity (Wildman–Crippen MR) is 67.4 cm³/mol. The predicted octanol–water partition coefficient (Wildman–Crippen LogP) is 3.15. The molecule has 3 rings (SSSR count). The summed E-state index contributed by atoms with van der Waals surface area (Å²) in [6.07, 6.45) is 3.36. The van der Waals surface area contributed by atoms with E-state index in [-0.39, 0.29) is 6.04 Å². The molecule has 2 aromatic rings. The Morgan fingerprint density at radius 1 is 1.25 bits per heavy atom. The smallest absolute Gasteiger partial charge is 0.123 e. The Labute approximate surface area is 99.1 Å². The topological polar surface area (TPSA) is 38.9 Å². The maximum absolute atomic E-state index is 6.11. The van der Waals surface area contributed by atoms with Crippen molar-refractivity contribution in [1.29, 1.82) is 0 Å². The highest BCUT2D eigenvalue weighted by molar-refractivity contribution is 7.15. The molecule has 0 saturated carbocycles. The molecule has 3 heteroatoms. The van der Waals surface area contributed by atoms with Gasteiger partial charge in [0.25, 0.3) is 0 Å². The van der Waals surface area contributed by atoms with Gasteiger partial charge >= 0.3 is 0 Å². The Balaban J connectivity index is 2.05. The number of aromatic nitrogens is 1. The van der Waals surface area contributed by atoms with Gasteiger partial charge in [0.15, 0.2) is 0 Å². The molecule has 1 aromatic heterocycles. The third kappa shape index (κ3) is 1.66. The summed E-state index contributed by atoms with van der Waals surface area (Å²) >= 11 is 1.76. The van der Waals surface area contributed by atoms with Crippen molar-refractivity contribution < 1.29 is 0 Å². The van der Waals surface area contributed by atoms with E-state index >= 15 is 0 Å². The van der Waals surface area contributed by atoms with E-state index in [0.717, 1.165) is 17.8 Å². The Morgan fingerprint density at radius 2 is 2.06 bits per heavy atom. The Morgan fingerprint density at radius 3 is 2.81 bits per heavy atom. The van der Waals surface area contributed by atoms with E-state index in [4.69, 9.17) is 10.7 Å². The van der Waals surface area contributed by atoms with E-state index in [0.29, 0.717) is 0 Å². The highest BCUT2D eigenvalue weighted by Gasteiger charge is 2.21. The monoisotopic (exact) mass is 230 g/mol. The number of hydrogen-bond donors (Lipinski definition) is 1. The molecule has 82 valence electrons. The molecule has 0 aliphatic heterocycles. The molecule has 1 aliphatic carbocycles. The van der Waals surface area contributed by atoms with Crippen LogP contribution in [0.3, 0.4) is 0 Å². The first-order valence-corrected chi connectivity index (χ1v) is 6.47. The van der Waals surface area contributed by atoms with Crippen LogP contribution in [0.4, 0.5) is 0 Å². The minimum absolute atomic E-state index is 0.207. The molecule has 2 N–H and O–H groups in total. The van der Waals surface area contributed by atoms with E-state index in [9.17, 15) is 0 Å². The minimum atomic E-state index is 0.207. The van der Waals surface area contributed by atoms with Gasteiger partial charge in [-0.2, -0.15) is 0 Å². The average molecular weight is 230 g/mol. The SMILES string of the molecule is NC1CCCc2nc(-c3ccccc3)sc21. The lowest BCUT2D eigenvalue weighted by atomic mass is 9.99. The van der Waals surface area contributed by atoms with Crippen LogP contribution in [0.25, 0.3) is 10.6 Å². The number of benzene rings is 1. The highest BCUT2D eigenvalue weighted by Crippen LogP contribution is 2.36. The van der Waals surface area contributed by atoms with Gasteiger partial charge in [-0.05, 0) is 19.3 Å². The molecule has 2 nitrogen and oxygen atoms in total. The quantitative estimate of drug-likeness (QED) is 0.817. The molecule has 0 radical (unpaired) electrons. The van der Waals surface area contributed by atoms with Gasteiger partial charge in [0, 0.05) is 16.5 Å². The molecule has 1 atom stereocenters. The maximum atomic E-state index is 6.11. The summed E-state index contributed by atoms with van der Waals surface area (Å²) in [7, 11) is 0. The van der Waals surface area contributed by atoms with E-state index in [2.05, 4.69) is 24.3 Å². The van der Waals surface area contributed by atoms with Crippen molar-refractivity contribution in [2.75, 3.05) is 0 Å². The first kappa shape index (κ1) is 10.00. The largest absolute Gasteiger partial charge is 0.323 e. The van der Waals surface area contributed by atoms with Gasteiger partial charge in [-0.25, -0.2) is 4.98 Å². The van der Waals surface area contributed by atoms with E-state index < -0.39 is 0 Å². The fourth-order valence-electron chi connectivity index (χ4n) is 2.16. The second kappa shape index (κ2) is 4.00. The number of thiazole rings is 1. The van der Waals surface area contributed by atoms with Gasteiger partial charge in [-0.3, -0.25) is 0 Å². The summed E-state index contributed by atoms with van der Waals surface area (Å²) in [5, 5.41) is 1.11. The number of fused-ring (bicyclic) bond motifs is 1. The fourth-order valence-corrected chi connectivity index (χ4v) is 3.31. The summed E-state index contributed by atoms with van der Waals surface area (Å²) in [5.41, 5.74) is 8.54. The molecule has 1 unspecified atom stereocenters. The Kier molecular flexibility index (Phi) is 2.50. The second-order valence-corrected chi connectivity index (χ2v) is 5.23. The average Bonchev–Trinajstić information content (AvgIpc) is 2.76. The first-order chi connectivity index (χ1) is 7.84. The van der Waals surface area contributed by atoms with Crippen LogP contribution in [0.15, 0.2) is 30.3 Å². The lowest BCUT2D eigenvalue weighted by Crippen LogP contribution is -2.15. The molecule has 0 fully saturated rings. The van der Waals surface area contributed by atoms with Crippen molar-refractivity contribution >= 4 is 11.3 Å². The van der Waals surface area contributed by atoms with Crippen molar-refractivity contribution in [2.24, 2.45) is 5.73 Å². The van der Waals surface area contributed by atoms with E-state index in [1.165, 1.54) is 22.6 Å². The van der Waals surface area contributed by atoms with Crippen LogP contribution in [-0.4, -0.2) is 4.98 Å². The van der Waals surface area contributed by atoms with Crippen LogP contribution in [0, 0.1) is 0 Å². The summed E-state index contributed by atoms with van der Waals surface area (Å²) in [6, 6.07) is 10.6. The molecule has 0 bridgehead atoms. The molecule has 16 heavy (non-hydrogen) atoms. The summed E-state index contributed by atoms with van der Waals surface area (Å²) in [4.78, 5) is 6.01. The minimum Gasteiger partial charge on any atom is -0.323 e. The lowest BCUT2D eigenvalue weighted by Gasteiger charge is -2.15. The van der Waals surface area contributed by atoms with Crippen molar-refractivity contribution in [2.45, 2.75) is 25.3 Å². The summed E-state index contributed by atoms with van der Waals surface area (Å²) in [5.74, 6) is 0. The number of rotatable bonds is 1. The fraction of sp³-hybridized carbons (Fsp3) is 0.308. The van der Waals surface area contributed by atoms with Gasteiger partial charge in [0.2, 0.25) is 0 Å². The molecular weight excluding hydrogens is 216 g/mol. The zero-order chi connectivity index (χ0) is 11.0. The van der Waals surface area contributed by atoms with Crippen molar-refractivity contribution in [1.82, 2.24) is 4.98 Å². The summed E-state index contributed by atoms with van der Waals surface area (Å²) < 4.78 is 0. The standard InChI is InChI=1S/C13H14N2S/c14-10-7-4-8-11-12(10)16-13(15-11)9-5-2-1-3-6-9/h1-3,5-6,10H,4,7-8,14H2. The lowest BCUT2D eigenvalue weighted by molar-refractivity contribution is 0.573. The van der Waals surface area contributed by atoms with Crippen LogP contribution in [0.1, 0.15) is 29.5 Å². The number of aryl methyl sites for hydroxylation is 1. The maximum Gasteiger partial charge on any atom is 0.123 e. The second-order valence-electron chi connectivity index (χ2n) is 4.19. The third-order valence-corrected chi connectivity index (χ3v) is 4.29. The Bertz CT molecular complexity index is 490. The normalized spacial score (nSPS) is 19.4. The van der Waals surface area contributed by atoms with E-state index in [1.54, 1.807) is 11.3 Å². The van der Waals surface area contributed by atoms with Gasteiger partial charge in [-0.1, -0.05) is 30.3 Å². The van der Waals surface area contributed by atoms with Crippen molar-refractivity contribution in [3.05, 3.63) is 40.9 Å². The molecule has 1 aliphatic rings. The highest BCUT2D eigenvalue weighted by atomic mass is 32.1. The number of hydrogen-bond acceptors (Lipinski definition) is 3. The van der Waals surface area contributed by atoms with Gasteiger partial charge in [0.1, 0.15) is 5.01 Å². The molecule has 1 heterocycles. The van der Waals surface area contributed by atoms with Crippen LogP contribution in [0.2, 0.25) is 0 Å². The number of nitrogens with two attached hydrogens (primary N) is 1. The van der Waals surface area contributed by atoms with Gasteiger partial charge < -0.3 is 5.73 Å². The van der Waals surface area contributed by atoms with Crippen LogP contribution in [0.5, 0.6) is 0 Å². The molecule has 0 amide bonds.